The third-order valence-electron chi connectivity index (χ3n) is 2.28. The lowest BCUT2D eigenvalue weighted by Gasteiger charge is -2.30. The van der Waals surface area contributed by atoms with Gasteiger partial charge in [-0.25, -0.2) is 0 Å². The molecule has 0 aromatic rings. The average molecular weight is 185 g/mol. The fourth-order valence-electron chi connectivity index (χ4n) is 1.63. The lowest BCUT2D eigenvalue weighted by atomic mass is 10.1. The van der Waals surface area contributed by atoms with Gasteiger partial charge >= 0.3 is 0 Å². The Hall–Kier alpha value is 0.0500. The zero-order valence-corrected chi connectivity index (χ0v) is 8.99. The quantitative estimate of drug-likeness (QED) is 0.621. The lowest BCUT2D eigenvalue weighted by molar-refractivity contribution is 0.265. The second-order valence-corrected chi connectivity index (χ2v) is 4.89. The van der Waals surface area contributed by atoms with Crippen molar-refractivity contribution in [1.82, 2.24) is 4.90 Å². The van der Waals surface area contributed by atoms with Gasteiger partial charge in [0.15, 0.2) is 0 Å². The van der Waals surface area contributed by atoms with Crippen LogP contribution >= 0.6 is 11.8 Å². The number of thioether (sulfide) groups is 1. The molecule has 0 saturated carbocycles. The SMILES string of the molecule is C=C(C)CN(C)C1CCCSC1. The molecule has 0 aliphatic carbocycles. The largest absolute Gasteiger partial charge is 0.299 e. The van der Waals surface area contributed by atoms with E-state index in [0.29, 0.717) is 0 Å². The number of likely N-dealkylation sites (N-methyl/N-ethyl adjacent to an activating group) is 1. The second-order valence-electron chi connectivity index (χ2n) is 3.74. The van der Waals surface area contributed by atoms with Crippen LogP contribution in [-0.2, 0) is 0 Å². The van der Waals surface area contributed by atoms with Crippen molar-refractivity contribution in [1.29, 1.82) is 0 Å². The molecule has 0 spiro atoms. The Morgan fingerprint density at radius 2 is 2.42 bits per heavy atom. The number of rotatable bonds is 3. The third-order valence-corrected chi connectivity index (χ3v) is 3.48. The molecule has 0 radical (unpaired) electrons. The maximum Gasteiger partial charge on any atom is 0.0187 e. The first-order valence-electron chi connectivity index (χ1n) is 4.62. The molecule has 1 fully saturated rings. The summed E-state index contributed by atoms with van der Waals surface area (Å²) in [5, 5.41) is 0. The Labute approximate surface area is 80.2 Å². The normalized spacial score (nSPS) is 24.4. The van der Waals surface area contributed by atoms with Crippen LogP contribution in [0.1, 0.15) is 19.8 Å². The molecule has 1 aliphatic heterocycles. The van der Waals surface area contributed by atoms with Crippen LogP contribution in [0.25, 0.3) is 0 Å². The molecule has 0 bridgehead atoms. The van der Waals surface area contributed by atoms with E-state index in [1.165, 1.54) is 29.9 Å². The summed E-state index contributed by atoms with van der Waals surface area (Å²) in [4.78, 5) is 2.44. The summed E-state index contributed by atoms with van der Waals surface area (Å²) < 4.78 is 0. The van der Waals surface area contributed by atoms with Crippen LogP contribution < -0.4 is 0 Å². The summed E-state index contributed by atoms with van der Waals surface area (Å²) >= 11 is 2.09. The summed E-state index contributed by atoms with van der Waals surface area (Å²) in [6.07, 6.45) is 2.76. The highest BCUT2D eigenvalue weighted by molar-refractivity contribution is 7.99. The van der Waals surface area contributed by atoms with Crippen LogP contribution in [0.2, 0.25) is 0 Å². The van der Waals surface area contributed by atoms with Crippen molar-refractivity contribution in [3.05, 3.63) is 12.2 Å². The number of hydrogen-bond donors (Lipinski definition) is 0. The van der Waals surface area contributed by atoms with Crippen molar-refractivity contribution in [2.24, 2.45) is 0 Å². The molecule has 1 aliphatic rings. The zero-order chi connectivity index (χ0) is 8.97. The molecule has 12 heavy (non-hydrogen) atoms. The molecule has 0 aromatic carbocycles. The van der Waals surface area contributed by atoms with Crippen LogP contribution in [0.15, 0.2) is 12.2 Å². The molecule has 1 rings (SSSR count). The lowest BCUT2D eigenvalue weighted by Crippen LogP contribution is -2.36. The predicted octanol–water partition coefficient (Wildman–Crippen LogP) is 2.39. The minimum atomic E-state index is 0.792. The van der Waals surface area contributed by atoms with E-state index < -0.39 is 0 Å². The van der Waals surface area contributed by atoms with E-state index in [9.17, 15) is 0 Å². The minimum absolute atomic E-state index is 0.792. The Morgan fingerprint density at radius 1 is 1.67 bits per heavy atom. The predicted molar refractivity (Wildman–Crippen MR) is 57.8 cm³/mol. The summed E-state index contributed by atoms with van der Waals surface area (Å²) in [6, 6.07) is 0.792. The van der Waals surface area contributed by atoms with Crippen LogP contribution in [0.4, 0.5) is 0 Å². The summed E-state index contributed by atoms with van der Waals surface area (Å²) in [5.41, 5.74) is 1.27. The number of nitrogens with zero attached hydrogens (tertiary/aromatic N) is 1. The van der Waals surface area contributed by atoms with Gasteiger partial charge in [0.25, 0.3) is 0 Å². The van der Waals surface area contributed by atoms with Crippen molar-refractivity contribution in [3.63, 3.8) is 0 Å². The van der Waals surface area contributed by atoms with E-state index in [1.54, 1.807) is 0 Å². The first kappa shape index (κ1) is 10.1. The molecule has 1 nitrogen and oxygen atoms in total. The Morgan fingerprint density at radius 3 is 2.92 bits per heavy atom. The highest BCUT2D eigenvalue weighted by Crippen LogP contribution is 2.20. The molecule has 2 heteroatoms. The van der Waals surface area contributed by atoms with Crippen molar-refractivity contribution in [2.45, 2.75) is 25.8 Å². The van der Waals surface area contributed by atoms with Gasteiger partial charge in [-0.05, 0) is 32.6 Å². The Balaban J connectivity index is 2.29. The first-order chi connectivity index (χ1) is 5.70. The summed E-state index contributed by atoms with van der Waals surface area (Å²) in [6.45, 7) is 7.11. The fourth-order valence-corrected chi connectivity index (χ4v) is 2.86. The molecular formula is C10H19NS. The molecule has 1 atom stereocenters. The monoisotopic (exact) mass is 185 g/mol. The highest BCUT2D eigenvalue weighted by atomic mass is 32.2. The third kappa shape index (κ3) is 3.20. The smallest absolute Gasteiger partial charge is 0.0187 e. The molecular weight excluding hydrogens is 166 g/mol. The molecule has 1 heterocycles. The van der Waals surface area contributed by atoms with Gasteiger partial charge in [-0.2, -0.15) is 11.8 Å². The van der Waals surface area contributed by atoms with Crippen LogP contribution in [0, 0.1) is 0 Å². The minimum Gasteiger partial charge on any atom is -0.299 e. The summed E-state index contributed by atoms with van der Waals surface area (Å²) in [7, 11) is 2.21. The van der Waals surface area contributed by atoms with Crippen molar-refractivity contribution >= 4 is 11.8 Å². The molecule has 0 amide bonds. The van der Waals surface area contributed by atoms with E-state index in [-0.39, 0.29) is 0 Å². The van der Waals surface area contributed by atoms with Gasteiger partial charge in [-0.15, -0.1) is 0 Å². The van der Waals surface area contributed by atoms with Gasteiger partial charge in [-0.1, -0.05) is 12.2 Å². The first-order valence-corrected chi connectivity index (χ1v) is 5.78. The number of hydrogen-bond acceptors (Lipinski definition) is 2. The standard InChI is InChI=1S/C10H19NS/c1-9(2)7-11(3)10-5-4-6-12-8-10/h10H,1,4-8H2,2-3H3. The van der Waals surface area contributed by atoms with Gasteiger partial charge in [0, 0.05) is 18.3 Å². The van der Waals surface area contributed by atoms with Crippen molar-refractivity contribution < 1.29 is 0 Å². The van der Waals surface area contributed by atoms with E-state index >= 15 is 0 Å². The van der Waals surface area contributed by atoms with Gasteiger partial charge < -0.3 is 0 Å². The highest BCUT2D eigenvalue weighted by Gasteiger charge is 2.17. The molecule has 0 aromatic heterocycles. The van der Waals surface area contributed by atoms with Crippen molar-refractivity contribution in [2.75, 3.05) is 25.1 Å². The van der Waals surface area contributed by atoms with E-state index in [4.69, 9.17) is 0 Å². The average Bonchev–Trinajstić information content (AvgIpc) is 2.05. The Kier molecular flexibility index (Phi) is 4.16. The van der Waals surface area contributed by atoms with Gasteiger partial charge in [-0.3, -0.25) is 4.90 Å². The fraction of sp³-hybridized carbons (Fsp3) is 0.800. The maximum atomic E-state index is 3.94. The topological polar surface area (TPSA) is 3.24 Å². The van der Waals surface area contributed by atoms with Crippen LogP contribution in [0.3, 0.4) is 0 Å². The van der Waals surface area contributed by atoms with E-state index in [0.717, 1.165) is 12.6 Å². The summed E-state index contributed by atoms with van der Waals surface area (Å²) in [5.74, 6) is 2.67. The van der Waals surface area contributed by atoms with Gasteiger partial charge in [0.1, 0.15) is 0 Å². The molecule has 1 saturated heterocycles. The zero-order valence-electron chi connectivity index (χ0n) is 8.18. The van der Waals surface area contributed by atoms with E-state index in [2.05, 4.69) is 37.2 Å². The van der Waals surface area contributed by atoms with E-state index in [1.807, 2.05) is 0 Å². The van der Waals surface area contributed by atoms with Gasteiger partial charge in [0.2, 0.25) is 0 Å². The van der Waals surface area contributed by atoms with Crippen LogP contribution in [-0.4, -0.2) is 36.0 Å². The van der Waals surface area contributed by atoms with Gasteiger partial charge in [0.05, 0.1) is 0 Å². The Bertz CT molecular complexity index is 150. The maximum absolute atomic E-state index is 3.94. The molecule has 0 N–H and O–H groups in total. The van der Waals surface area contributed by atoms with Crippen molar-refractivity contribution in [3.8, 4) is 0 Å². The molecule has 1 unspecified atom stereocenters. The molecule has 70 valence electrons. The second kappa shape index (κ2) is 4.93. The van der Waals surface area contributed by atoms with Crippen LogP contribution in [0.5, 0.6) is 0 Å².